The van der Waals surface area contributed by atoms with E-state index >= 15 is 0 Å². The molecule has 1 saturated heterocycles. The molecule has 8 heteroatoms. The minimum atomic E-state index is -0.640. The van der Waals surface area contributed by atoms with Gasteiger partial charge in [-0.15, -0.1) is 0 Å². The van der Waals surface area contributed by atoms with Crippen LogP contribution in [0.15, 0.2) is 46.9 Å². The van der Waals surface area contributed by atoms with E-state index in [9.17, 15) is 18.4 Å². The van der Waals surface area contributed by atoms with Gasteiger partial charge in [0.05, 0.1) is 23.2 Å². The van der Waals surface area contributed by atoms with Gasteiger partial charge in [-0.2, -0.15) is 0 Å². The van der Waals surface area contributed by atoms with Crippen molar-refractivity contribution < 1.29 is 27.8 Å². The predicted octanol–water partition coefficient (Wildman–Crippen LogP) is 4.25. The molecule has 0 radical (unpaired) electrons. The standard InChI is InChI=1S/C22H20BrF2NO4/c1-14(27)18-5-4-16(11-21(18)25)30-13-17-12-26(8-9-29-17)22(28)7-3-15-2-6-20(24)19(23)10-15/h2-7,10-11,17H,8-9,12-13H2,1H3. The van der Waals surface area contributed by atoms with Gasteiger partial charge in [-0.05, 0) is 58.8 Å². The molecule has 1 fully saturated rings. The van der Waals surface area contributed by atoms with Gasteiger partial charge >= 0.3 is 0 Å². The molecule has 1 heterocycles. The van der Waals surface area contributed by atoms with Gasteiger partial charge < -0.3 is 14.4 Å². The summed E-state index contributed by atoms with van der Waals surface area (Å²) >= 11 is 3.11. The third-order valence-electron chi connectivity index (χ3n) is 4.57. The summed E-state index contributed by atoms with van der Waals surface area (Å²) in [5, 5.41) is 0. The van der Waals surface area contributed by atoms with E-state index in [1.54, 1.807) is 23.1 Å². The van der Waals surface area contributed by atoms with Crippen molar-refractivity contribution in [1.82, 2.24) is 4.90 Å². The maximum Gasteiger partial charge on any atom is 0.246 e. The van der Waals surface area contributed by atoms with Crippen molar-refractivity contribution in [2.45, 2.75) is 13.0 Å². The van der Waals surface area contributed by atoms with Crippen molar-refractivity contribution in [3.05, 3.63) is 69.7 Å². The SMILES string of the molecule is CC(=O)c1ccc(OCC2CN(C(=O)C=Cc3ccc(F)c(Br)c3)CCO2)cc1F. The van der Waals surface area contributed by atoms with Crippen molar-refractivity contribution in [2.24, 2.45) is 0 Å². The molecule has 1 aliphatic heterocycles. The number of halogens is 3. The van der Waals surface area contributed by atoms with Gasteiger partial charge in [0.1, 0.15) is 30.1 Å². The molecule has 30 heavy (non-hydrogen) atoms. The molecule has 0 N–H and O–H groups in total. The van der Waals surface area contributed by atoms with E-state index in [0.717, 1.165) is 6.07 Å². The zero-order chi connectivity index (χ0) is 21.7. The van der Waals surface area contributed by atoms with E-state index in [2.05, 4.69) is 15.9 Å². The Hall–Kier alpha value is -2.58. The number of morpholine rings is 1. The van der Waals surface area contributed by atoms with Crippen LogP contribution in [0.4, 0.5) is 8.78 Å². The minimum absolute atomic E-state index is 0.00742. The summed E-state index contributed by atoms with van der Waals surface area (Å²) in [4.78, 5) is 25.4. The summed E-state index contributed by atoms with van der Waals surface area (Å²) in [5.74, 6) is -1.28. The Morgan fingerprint density at radius 1 is 1.23 bits per heavy atom. The number of hydrogen-bond donors (Lipinski definition) is 0. The molecule has 0 bridgehead atoms. The average Bonchev–Trinajstić information content (AvgIpc) is 2.73. The molecule has 2 aromatic rings. The second-order valence-electron chi connectivity index (χ2n) is 6.79. The number of carbonyl (C=O) groups is 2. The van der Waals surface area contributed by atoms with Crippen LogP contribution in [-0.4, -0.2) is 49.0 Å². The number of amides is 1. The van der Waals surface area contributed by atoms with Crippen LogP contribution in [0.2, 0.25) is 0 Å². The van der Waals surface area contributed by atoms with Crippen LogP contribution in [0.5, 0.6) is 5.75 Å². The first-order valence-corrected chi connectivity index (χ1v) is 10.1. The Kier molecular flexibility index (Phi) is 7.33. The first-order valence-electron chi connectivity index (χ1n) is 9.30. The Balaban J connectivity index is 1.55. The van der Waals surface area contributed by atoms with Gasteiger partial charge in [-0.1, -0.05) is 6.07 Å². The lowest BCUT2D eigenvalue weighted by atomic mass is 10.1. The Labute approximate surface area is 181 Å². The summed E-state index contributed by atoms with van der Waals surface area (Å²) in [6.45, 7) is 2.55. The lowest BCUT2D eigenvalue weighted by molar-refractivity contribution is -0.134. The molecule has 3 rings (SSSR count). The zero-order valence-corrected chi connectivity index (χ0v) is 17.8. The lowest BCUT2D eigenvalue weighted by Gasteiger charge is -2.32. The van der Waals surface area contributed by atoms with Crippen LogP contribution in [0, 0.1) is 11.6 Å². The smallest absolute Gasteiger partial charge is 0.246 e. The van der Waals surface area contributed by atoms with Gasteiger partial charge in [0.25, 0.3) is 0 Å². The Bertz CT molecular complexity index is 980. The van der Waals surface area contributed by atoms with Gasteiger partial charge in [0, 0.05) is 18.7 Å². The van der Waals surface area contributed by atoms with Crippen LogP contribution in [0.1, 0.15) is 22.8 Å². The van der Waals surface area contributed by atoms with Crippen molar-refractivity contribution >= 4 is 33.7 Å². The van der Waals surface area contributed by atoms with Gasteiger partial charge in [0.2, 0.25) is 5.91 Å². The molecule has 0 spiro atoms. The highest BCUT2D eigenvalue weighted by Crippen LogP contribution is 2.19. The van der Waals surface area contributed by atoms with E-state index in [-0.39, 0.29) is 41.5 Å². The molecule has 1 amide bonds. The quantitative estimate of drug-likeness (QED) is 0.459. The first kappa shape index (κ1) is 22.1. The third kappa shape index (κ3) is 5.73. The van der Waals surface area contributed by atoms with E-state index in [0.29, 0.717) is 29.7 Å². The fourth-order valence-corrected chi connectivity index (χ4v) is 3.37. The number of hydrogen-bond acceptors (Lipinski definition) is 4. The highest BCUT2D eigenvalue weighted by molar-refractivity contribution is 9.10. The van der Waals surface area contributed by atoms with Crippen LogP contribution in [0.25, 0.3) is 6.08 Å². The highest BCUT2D eigenvalue weighted by atomic mass is 79.9. The summed E-state index contributed by atoms with van der Waals surface area (Å²) in [6, 6.07) is 8.55. The predicted molar refractivity (Wildman–Crippen MR) is 111 cm³/mol. The van der Waals surface area contributed by atoms with E-state index in [1.165, 1.54) is 31.2 Å². The number of Topliss-reactive ketones (excluding diaryl/α,β-unsaturated/α-hetero) is 1. The number of carbonyl (C=O) groups excluding carboxylic acids is 2. The Morgan fingerprint density at radius 3 is 2.73 bits per heavy atom. The number of ether oxygens (including phenoxy) is 2. The monoisotopic (exact) mass is 479 g/mol. The zero-order valence-electron chi connectivity index (χ0n) is 16.2. The van der Waals surface area contributed by atoms with Crippen molar-refractivity contribution in [3.63, 3.8) is 0 Å². The fraction of sp³-hybridized carbons (Fsp3) is 0.273. The molecule has 158 valence electrons. The minimum Gasteiger partial charge on any atom is -0.491 e. The topological polar surface area (TPSA) is 55.8 Å². The van der Waals surface area contributed by atoms with Crippen molar-refractivity contribution in [3.8, 4) is 5.75 Å². The van der Waals surface area contributed by atoms with Gasteiger partial charge in [-0.3, -0.25) is 9.59 Å². The molecule has 0 aromatic heterocycles. The van der Waals surface area contributed by atoms with E-state index in [1.807, 2.05) is 0 Å². The van der Waals surface area contributed by atoms with Gasteiger partial charge in [-0.25, -0.2) is 8.78 Å². The molecule has 1 aliphatic rings. The third-order valence-corrected chi connectivity index (χ3v) is 5.18. The first-order chi connectivity index (χ1) is 14.3. The summed E-state index contributed by atoms with van der Waals surface area (Å²) < 4.78 is 38.7. The molecular formula is C22H20BrF2NO4. The van der Waals surface area contributed by atoms with E-state index < -0.39 is 5.82 Å². The van der Waals surface area contributed by atoms with Crippen LogP contribution in [-0.2, 0) is 9.53 Å². The van der Waals surface area contributed by atoms with Crippen LogP contribution < -0.4 is 4.74 Å². The number of nitrogens with zero attached hydrogens (tertiary/aromatic N) is 1. The van der Waals surface area contributed by atoms with Crippen LogP contribution >= 0.6 is 15.9 Å². The maximum absolute atomic E-state index is 13.9. The van der Waals surface area contributed by atoms with Gasteiger partial charge in [0.15, 0.2) is 5.78 Å². The summed E-state index contributed by atoms with van der Waals surface area (Å²) in [5.41, 5.74) is 0.703. The molecule has 5 nitrogen and oxygen atoms in total. The molecule has 0 aliphatic carbocycles. The van der Waals surface area contributed by atoms with Crippen LogP contribution in [0.3, 0.4) is 0 Å². The normalized spacial score (nSPS) is 16.7. The molecule has 1 atom stereocenters. The molecule has 2 aromatic carbocycles. The Morgan fingerprint density at radius 2 is 2.03 bits per heavy atom. The van der Waals surface area contributed by atoms with Crippen molar-refractivity contribution in [2.75, 3.05) is 26.3 Å². The molecule has 0 saturated carbocycles. The highest BCUT2D eigenvalue weighted by Gasteiger charge is 2.23. The number of ketones is 1. The fourth-order valence-electron chi connectivity index (χ4n) is 2.97. The number of rotatable bonds is 6. The maximum atomic E-state index is 13.9. The average molecular weight is 480 g/mol. The lowest BCUT2D eigenvalue weighted by Crippen LogP contribution is -2.47. The largest absolute Gasteiger partial charge is 0.491 e. The number of benzene rings is 2. The second-order valence-corrected chi connectivity index (χ2v) is 7.65. The summed E-state index contributed by atoms with van der Waals surface area (Å²) in [7, 11) is 0. The molecular weight excluding hydrogens is 460 g/mol. The molecule has 1 unspecified atom stereocenters. The van der Waals surface area contributed by atoms with E-state index in [4.69, 9.17) is 9.47 Å². The second kappa shape index (κ2) is 9.95. The summed E-state index contributed by atoms with van der Waals surface area (Å²) in [6.07, 6.45) is 2.68. The van der Waals surface area contributed by atoms with Crippen molar-refractivity contribution in [1.29, 1.82) is 0 Å².